The lowest BCUT2D eigenvalue weighted by Gasteiger charge is -2.37. The van der Waals surface area contributed by atoms with Gasteiger partial charge in [0.1, 0.15) is 0 Å². The number of aromatic nitrogens is 3. The van der Waals surface area contributed by atoms with E-state index in [0.29, 0.717) is 30.9 Å². The van der Waals surface area contributed by atoms with E-state index in [1.54, 1.807) is 18.0 Å². The molecule has 204 valence electrons. The first-order chi connectivity index (χ1) is 18.8. The minimum Gasteiger partial charge on any atom is -0.493 e. The molecule has 0 radical (unpaired) electrons. The molecule has 1 aliphatic carbocycles. The highest BCUT2D eigenvalue weighted by Crippen LogP contribution is 2.44. The first kappa shape index (κ1) is 27.5. The van der Waals surface area contributed by atoms with Crippen LogP contribution in [0.15, 0.2) is 66.1 Å². The summed E-state index contributed by atoms with van der Waals surface area (Å²) < 4.78 is 13.2. The number of hydrogen-bond donors (Lipinski definition) is 3. The van der Waals surface area contributed by atoms with Crippen LogP contribution in [-0.2, 0) is 9.59 Å². The van der Waals surface area contributed by atoms with Crippen LogP contribution in [0.2, 0.25) is 0 Å². The van der Waals surface area contributed by atoms with Crippen LogP contribution in [0.5, 0.6) is 11.5 Å². The number of aliphatic carboxylic acids is 2. The number of ether oxygens (including phenoxy) is 2. The molecule has 0 spiro atoms. The molecule has 1 aromatic carbocycles. The normalized spacial score (nSPS) is 19.7. The molecule has 0 saturated heterocycles. The van der Waals surface area contributed by atoms with E-state index in [4.69, 9.17) is 24.7 Å². The second kappa shape index (κ2) is 12.4. The lowest BCUT2D eigenvalue weighted by atomic mass is 9.74. The molecule has 0 amide bonds. The molecule has 0 unspecified atom stereocenters. The van der Waals surface area contributed by atoms with Crippen LogP contribution < -0.4 is 9.47 Å². The number of aliphatic hydroxyl groups is 1. The fourth-order valence-electron chi connectivity index (χ4n) is 4.81. The average Bonchev–Trinajstić information content (AvgIpc) is 3.47. The molecule has 3 heterocycles. The Balaban J connectivity index is 0.000000386. The molecule has 1 aliphatic heterocycles. The number of carboxylic acids is 2. The van der Waals surface area contributed by atoms with Crippen molar-refractivity contribution in [3.63, 3.8) is 0 Å². The Morgan fingerprint density at radius 3 is 2.49 bits per heavy atom. The number of nitrogens with zero attached hydrogens (tertiary/aromatic N) is 4. The fraction of sp³-hybridized carbons (Fsp3) is 0.321. The zero-order valence-electron chi connectivity index (χ0n) is 21.6. The number of fused-ring (bicyclic) bond motifs is 3. The summed E-state index contributed by atoms with van der Waals surface area (Å²) in [4.78, 5) is 28.8. The van der Waals surface area contributed by atoms with Crippen LogP contribution >= 0.6 is 0 Å². The summed E-state index contributed by atoms with van der Waals surface area (Å²) in [7, 11) is 1.65. The summed E-state index contributed by atoms with van der Waals surface area (Å²) in [6.07, 6.45) is 8.62. The van der Waals surface area contributed by atoms with Gasteiger partial charge in [-0.1, -0.05) is 0 Å². The molecule has 2 aliphatic rings. The number of pyridine rings is 1. The molecule has 5 rings (SSSR count). The van der Waals surface area contributed by atoms with Crippen molar-refractivity contribution < 1.29 is 34.4 Å². The number of hydrogen-bond acceptors (Lipinski definition) is 8. The van der Waals surface area contributed by atoms with Crippen LogP contribution in [0.3, 0.4) is 0 Å². The summed E-state index contributed by atoms with van der Waals surface area (Å²) in [5.74, 6) is -0.169. The number of aliphatic imine (C=N–C) groups is 1. The maximum absolute atomic E-state index is 10.3. The topological polar surface area (TPSA) is 156 Å². The second-order valence-electron chi connectivity index (χ2n) is 9.01. The third kappa shape index (κ3) is 6.50. The Morgan fingerprint density at radius 2 is 1.90 bits per heavy atom. The van der Waals surface area contributed by atoms with Gasteiger partial charge < -0.3 is 24.8 Å². The summed E-state index contributed by atoms with van der Waals surface area (Å²) in [5.41, 5.74) is 4.04. The Labute approximate surface area is 225 Å². The number of benzene rings is 1. The highest BCUT2D eigenvalue weighted by atomic mass is 16.5. The van der Waals surface area contributed by atoms with Crippen molar-refractivity contribution in [1.29, 1.82) is 0 Å². The van der Waals surface area contributed by atoms with Crippen LogP contribution in [0.4, 0.5) is 0 Å². The largest absolute Gasteiger partial charge is 0.493 e. The lowest BCUT2D eigenvalue weighted by molar-refractivity contribution is -0.134. The molecule has 39 heavy (non-hydrogen) atoms. The van der Waals surface area contributed by atoms with Gasteiger partial charge in [0.05, 0.1) is 31.6 Å². The highest BCUT2D eigenvalue weighted by molar-refractivity contribution is 6.14. The van der Waals surface area contributed by atoms with Gasteiger partial charge in [-0.05, 0) is 62.1 Å². The molecule has 3 N–H and O–H groups in total. The van der Waals surface area contributed by atoms with E-state index in [0.717, 1.165) is 46.8 Å². The summed E-state index contributed by atoms with van der Waals surface area (Å²) in [5, 5.41) is 30.2. The van der Waals surface area contributed by atoms with E-state index in [9.17, 15) is 14.7 Å². The zero-order chi connectivity index (χ0) is 27.9. The van der Waals surface area contributed by atoms with E-state index in [-0.39, 0.29) is 18.1 Å². The zero-order valence-corrected chi connectivity index (χ0v) is 21.6. The first-order valence-corrected chi connectivity index (χ1v) is 12.5. The average molecular weight is 535 g/mol. The van der Waals surface area contributed by atoms with E-state index < -0.39 is 11.9 Å². The number of rotatable bonds is 7. The molecular formula is C28H30N4O7. The van der Waals surface area contributed by atoms with Crippen molar-refractivity contribution in [2.24, 2.45) is 4.99 Å². The van der Waals surface area contributed by atoms with Crippen LogP contribution in [0, 0.1) is 0 Å². The van der Waals surface area contributed by atoms with Gasteiger partial charge in [-0.15, -0.1) is 0 Å². The van der Waals surface area contributed by atoms with Gasteiger partial charge in [0.25, 0.3) is 0 Å². The predicted molar refractivity (Wildman–Crippen MR) is 142 cm³/mol. The fourth-order valence-corrected chi connectivity index (χ4v) is 4.81. The standard InChI is InChI=1S/C24H26N4O3.C4H4O4/c1-3-31-22-12-17-18-11-16(29)6-7-20(18)27-24(19(17)13-21(22)30-2)15-5-8-23(25-14-15)28-10-4-9-26-28;5-3(6)1-2-4(7)8/h4-5,8-10,12-14,16,18,20,29H,3,6-7,11H2,1-2H3;1-2H,(H,5,6)(H,7,8)/t16-,18-,20-;/m1./s1. The number of carboxylic acid groups (broad SMARTS) is 2. The molecule has 0 bridgehead atoms. The van der Waals surface area contributed by atoms with Crippen LogP contribution in [0.1, 0.15) is 48.8 Å². The molecule has 11 nitrogen and oxygen atoms in total. The first-order valence-electron chi connectivity index (χ1n) is 12.5. The van der Waals surface area contributed by atoms with Gasteiger partial charge in [-0.25, -0.2) is 19.3 Å². The molecule has 3 atom stereocenters. The minimum atomic E-state index is -1.26. The van der Waals surface area contributed by atoms with Crippen molar-refractivity contribution in [2.75, 3.05) is 13.7 Å². The maximum Gasteiger partial charge on any atom is 0.328 e. The van der Waals surface area contributed by atoms with Gasteiger partial charge in [0, 0.05) is 47.8 Å². The molecular weight excluding hydrogens is 504 g/mol. The number of methoxy groups -OCH3 is 1. The highest BCUT2D eigenvalue weighted by Gasteiger charge is 2.37. The lowest BCUT2D eigenvalue weighted by Crippen LogP contribution is -2.34. The summed E-state index contributed by atoms with van der Waals surface area (Å²) in [6.45, 7) is 2.53. The summed E-state index contributed by atoms with van der Waals surface area (Å²) >= 11 is 0. The van der Waals surface area contributed by atoms with E-state index >= 15 is 0 Å². The van der Waals surface area contributed by atoms with Crippen molar-refractivity contribution >= 4 is 17.7 Å². The Kier molecular flexibility index (Phi) is 8.72. The Bertz CT molecular complexity index is 1350. The van der Waals surface area contributed by atoms with Crippen molar-refractivity contribution in [2.45, 2.75) is 44.2 Å². The quantitative estimate of drug-likeness (QED) is 0.387. The van der Waals surface area contributed by atoms with Gasteiger partial charge in [0.15, 0.2) is 17.3 Å². The van der Waals surface area contributed by atoms with E-state index in [2.05, 4.69) is 16.1 Å². The number of carbonyl (C=O) groups is 2. The van der Waals surface area contributed by atoms with Gasteiger partial charge in [-0.3, -0.25) is 4.99 Å². The van der Waals surface area contributed by atoms with Crippen LogP contribution in [0.25, 0.3) is 5.82 Å². The van der Waals surface area contributed by atoms with E-state index in [1.165, 1.54) is 0 Å². The minimum absolute atomic E-state index is 0.138. The Hall–Kier alpha value is -4.51. The smallest absolute Gasteiger partial charge is 0.328 e. The van der Waals surface area contributed by atoms with Gasteiger partial charge >= 0.3 is 11.9 Å². The maximum atomic E-state index is 10.3. The van der Waals surface area contributed by atoms with Crippen molar-refractivity contribution in [3.8, 4) is 17.3 Å². The van der Waals surface area contributed by atoms with Crippen LogP contribution in [-0.4, -0.2) is 73.6 Å². The predicted octanol–water partition coefficient (Wildman–Crippen LogP) is 3.23. The molecule has 2 aromatic heterocycles. The molecule has 1 fully saturated rings. The molecule has 11 heteroatoms. The monoisotopic (exact) mass is 534 g/mol. The van der Waals surface area contributed by atoms with Gasteiger partial charge in [-0.2, -0.15) is 5.10 Å². The molecule has 3 aromatic rings. The second-order valence-corrected chi connectivity index (χ2v) is 9.01. The van der Waals surface area contributed by atoms with Crippen molar-refractivity contribution in [1.82, 2.24) is 14.8 Å². The van der Waals surface area contributed by atoms with Crippen molar-refractivity contribution in [3.05, 3.63) is 77.8 Å². The van der Waals surface area contributed by atoms with Gasteiger partial charge in [0.2, 0.25) is 0 Å². The molecule has 1 saturated carbocycles. The third-order valence-electron chi connectivity index (χ3n) is 6.50. The number of aliphatic hydroxyl groups excluding tert-OH is 1. The van der Waals surface area contributed by atoms with E-state index in [1.807, 2.05) is 43.6 Å². The Morgan fingerprint density at radius 1 is 1.13 bits per heavy atom. The third-order valence-corrected chi connectivity index (χ3v) is 6.50. The SMILES string of the molecule is CCOc1cc2c(cc1OC)C(c1ccc(-n3cccn3)nc1)=N[C@@H]1CC[C@@H](O)C[C@H]21.O=C(O)C=CC(=O)O. The summed E-state index contributed by atoms with van der Waals surface area (Å²) in [6, 6.07) is 10.1.